The van der Waals surface area contributed by atoms with Crippen LogP contribution in [0.5, 0.6) is 0 Å². The number of nitrogens with one attached hydrogen (secondary N) is 1. The Balaban J connectivity index is 2.41. The molecule has 0 heterocycles. The molecular weight excluding hydrogens is 220 g/mol. The fourth-order valence-corrected chi connectivity index (χ4v) is 2.35. The molecule has 2 nitrogen and oxygen atoms in total. The summed E-state index contributed by atoms with van der Waals surface area (Å²) in [5.41, 5.74) is 11.5. The maximum atomic E-state index is 5.95. The SMILES string of the molecule is Cc1cc(C)c(CCNCCC(C)(C)N)c(C)c1. The third-order valence-electron chi connectivity index (χ3n) is 3.34. The first-order chi connectivity index (χ1) is 8.29. The van der Waals surface area contributed by atoms with Gasteiger partial charge in [-0.05, 0) is 77.2 Å². The quantitative estimate of drug-likeness (QED) is 0.760. The number of hydrogen-bond donors (Lipinski definition) is 2. The molecule has 1 rings (SSSR count). The van der Waals surface area contributed by atoms with Crippen molar-refractivity contribution in [1.82, 2.24) is 5.32 Å². The molecule has 0 bridgehead atoms. The zero-order chi connectivity index (χ0) is 13.8. The fraction of sp³-hybridized carbons (Fsp3) is 0.625. The summed E-state index contributed by atoms with van der Waals surface area (Å²) in [6.45, 7) is 12.7. The van der Waals surface area contributed by atoms with E-state index in [2.05, 4.69) is 52.1 Å². The minimum atomic E-state index is -0.0668. The summed E-state index contributed by atoms with van der Waals surface area (Å²) in [6, 6.07) is 4.54. The van der Waals surface area contributed by atoms with E-state index in [-0.39, 0.29) is 5.54 Å². The van der Waals surface area contributed by atoms with Crippen molar-refractivity contribution in [2.45, 2.75) is 53.0 Å². The Bertz CT molecular complexity index is 366. The lowest BCUT2D eigenvalue weighted by Crippen LogP contribution is -2.36. The summed E-state index contributed by atoms with van der Waals surface area (Å²) in [4.78, 5) is 0. The van der Waals surface area contributed by atoms with Gasteiger partial charge in [-0.2, -0.15) is 0 Å². The molecule has 0 unspecified atom stereocenters. The van der Waals surface area contributed by atoms with E-state index in [1.54, 1.807) is 0 Å². The third-order valence-corrected chi connectivity index (χ3v) is 3.34. The lowest BCUT2D eigenvalue weighted by molar-refractivity contribution is 0.456. The summed E-state index contributed by atoms with van der Waals surface area (Å²) < 4.78 is 0. The maximum Gasteiger partial charge on any atom is 0.0109 e. The van der Waals surface area contributed by atoms with Gasteiger partial charge in [0.25, 0.3) is 0 Å². The average Bonchev–Trinajstić information content (AvgIpc) is 2.19. The van der Waals surface area contributed by atoms with Crippen LogP contribution in [0.2, 0.25) is 0 Å². The molecule has 0 aliphatic rings. The summed E-state index contributed by atoms with van der Waals surface area (Å²) in [5, 5.41) is 3.48. The number of rotatable bonds is 6. The molecule has 102 valence electrons. The van der Waals surface area contributed by atoms with E-state index in [4.69, 9.17) is 5.73 Å². The molecule has 1 aromatic carbocycles. The first-order valence-electron chi connectivity index (χ1n) is 6.86. The lowest BCUT2D eigenvalue weighted by atomic mass is 9.97. The summed E-state index contributed by atoms with van der Waals surface area (Å²) in [6.07, 6.45) is 2.11. The van der Waals surface area contributed by atoms with Crippen molar-refractivity contribution in [3.63, 3.8) is 0 Å². The van der Waals surface area contributed by atoms with E-state index in [0.29, 0.717) is 0 Å². The van der Waals surface area contributed by atoms with Crippen LogP contribution in [0.15, 0.2) is 12.1 Å². The third kappa shape index (κ3) is 5.19. The Morgan fingerprint density at radius 2 is 1.61 bits per heavy atom. The van der Waals surface area contributed by atoms with Gasteiger partial charge >= 0.3 is 0 Å². The van der Waals surface area contributed by atoms with Gasteiger partial charge in [0.15, 0.2) is 0 Å². The molecule has 0 atom stereocenters. The Kier molecular flexibility index (Phi) is 5.36. The first-order valence-corrected chi connectivity index (χ1v) is 6.86. The van der Waals surface area contributed by atoms with E-state index in [1.807, 2.05) is 0 Å². The van der Waals surface area contributed by atoms with Crippen LogP contribution in [-0.2, 0) is 6.42 Å². The second-order valence-electron chi connectivity index (χ2n) is 6.12. The summed E-state index contributed by atoms with van der Waals surface area (Å²) >= 11 is 0. The van der Waals surface area contributed by atoms with E-state index in [0.717, 1.165) is 25.9 Å². The Hall–Kier alpha value is -0.860. The van der Waals surface area contributed by atoms with Crippen LogP contribution < -0.4 is 11.1 Å². The second-order valence-corrected chi connectivity index (χ2v) is 6.12. The number of aryl methyl sites for hydroxylation is 3. The van der Waals surface area contributed by atoms with Gasteiger partial charge in [-0.1, -0.05) is 17.7 Å². The molecule has 0 aromatic heterocycles. The van der Waals surface area contributed by atoms with Crippen molar-refractivity contribution >= 4 is 0 Å². The molecule has 18 heavy (non-hydrogen) atoms. The standard InChI is InChI=1S/C16H28N2/c1-12-10-13(2)15(14(3)11-12)6-8-18-9-7-16(4,5)17/h10-11,18H,6-9,17H2,1-5H3. The largest absolute Gasteiger partial charge is 0.326 e. The molecule has 0 radical (unpaired) electrons. The van der Waals surface area contributed by atoms with Crippen LogP contribution >= 0.6 is 0 Å². The molecule has 0 fully saturated rings. The van der Waals surface area contributed by atoms with Crippen LogP contribution in [0.3, 0.4) is 0 Å². The van der Waals surface area contributed by atoms with E-state index in [1.165, 1.54) is 22.3 Å². The van der Waals surface area contributed by atoms with E-state index in [9.17, 15) is 0 Å². The summed E-state index contributed by atoms with van der Waals surface area (Å²) in [5.74, 6) is 0. The normalized spacial score (nSPS) is 11.9. The van der Waals surface area contributed by atoms with Crippen molar-refractivity contribution < 1.29 is 0 Å². The molecule has 3 N–H and O–H groups in total. The highest BCUT2D eigenvalue weighted by Gasteiger charge is 2.09. The van der Waals surface area contributed by atoms with Crippen molar-refractivity contribution in [3.05, 3.63) is 34.4 Å². The minimum Gasteiger partial charge on any atom is -0.326 e. The predicted octanol–water partition coefficient (Wildman–Crippen LogP) is 2.87. The average molecular weight is 248 g/mol. The second kappa shape index (κ2) is 6.35. The number of nitrogens with two attached hydrogens (primary N) is 1. The zero-order valence-corrected chi connectivity index (χ0v) is 12.6. The molecule has 0 aliphatic heterocycles. The topological polar surface area (TPSA) is 38.0 Å². The van der Waals surface area contributed by atoms with Gasteiger partial charge < -0.3 is 11.1 Å². The minimum absolute atomic E-state index is 0.0668. The van der Waals surface area contributed by atoms with Crippen molar-refractivity contribution in [1.29, 1.82) is 0 Å². The van der Waals surface area contributed by atoms with Crippen LogP contribution in [-0.4, -0.2) is 18.6 Å². The van der Waals surface area contributed by atoms with Crippen LogP contribution in [0.25, 0.3) is 0 Å². The number of benzene rings is 1. The molecule has 0 amide bonds. The van der Waals surface area contributed by atoms with E-state index >= 15 is 0 Å². The van der Waals surface area contributed by atoms with Crippen LogP contribution in [0.1, 0.15) is 42.5 Å². The Morgan fingerprint density at radius 1 is 1.06 bits per heavy atom. The van der Waals surface area contributed by atoms with Crippen molar-refractivity contribution in [2.24, 2.45) is 5.73 Å². The highest BCUT2D eigenvalue weighted by atomic mass is 14.9. The molecule has 0 aliphatic carbocycles. The van der Waals surface area contributed by atoms with Gasteiger partial charge in [-0.25, -0.2) is 0 Å². The smallest absolute Gasteiger partial charge is 0.0109 e. The molecule has 0 saturated heterocycles. The Morgan fingerprint density at radius 3 is 2.11 bits per heavy atom. The fourth-order valence-electron chi connectivity index (χ4n) is 2.35. The van der Waals surface area contributed by atoms with Gasteiger partial charge in [0.05, 0.1) is 0 Å². The van der Waals surface area contributed by atoms with Gasteiger partial charge in [0.2, 0.25) is 0 Å². The molecule has 1 aromatic rings. The van der Waals surface area contributed by atoms with Gasteiger partial charge in [-0.3, -0.25) is 0 Å². The highest BCUT2D eigenvalue weighted by molar-refractivity contribution is 5.37. The number of hydrogen-bond acceptors (Lipinski definition) is 2. The summed E-state index contributed by atoms with van der Waals surface area (Å²) in [7, 11) is 0. The van der Waals surface area contributed by atoms with Crippen molar-refractivity contribution in [3.8, 4) is 0 Å². The maximum absolute atomic E-state index is 5.95. The Labute approximate surface area is 112 Å². The van der Waals surface area contributed by atoms with Crippen LogP contribution in [0.4, 0.5) is 0 Å². The first kappa shape index (κ1) is 15.2. The molecular formula is C16H28N2. The lowest BCUT2D eigenvalue weighted by Gasteiger charge is -2.18. The highest BCUT2D eigenvalue weighted by Crippen LogP contribution is 2.16. The van der Waals surface area contributed by atoms with Crippen LogP contribution in [0, 0.1) is 20.8 Å². The monoisotopic (exact) mass is 248 g/mol. The predicted molar refractivity (Wildman–Crippen MR) is 80.1 cm³/mol. The van der Waals surface area contributed by atoms with Gasteiger partial charge in [0, 0.05) is 5.54 Å². The molecule has 0 spiro atoms. The molecule has 2 heteroatoms. The van der Waals surface area contributed by atoms with Crippen molar-refractivity contribution in [2.75, 3.05) is 13.1 Å². The van der Waals surface area contributed by atoms with Gasteiger partial charge in [-0.15, -0.1) is 0 Å². The van der Waals surface area contributed by atoms with Gasteiger partial charge in [0.1, 0.15) is 0 Å². The molecule has 0 saturated carbocycles. The van der Waals surface area contributed by atoms with E-state index < -0.39 is 0 Å². The zero-order valence-electron chi connectivity index (χ0n) is 12.6.